The molecule has 4 nitrogen and oxygen atoms in total. The van der Waals surface area contributed by atoms with Gasteiger partial charge in [-0.1, -0.05) is 60.0 Å². The highest BCUT2D eigenvalue weighted by Crippen LogP contribution is 2.25. The van der Waals surface area contributed by atoms with Crippen LogP contribution in [0.3, 0.4) is 0 Å². The van der Waals surface area contributed by atoms with E-state index in [2.05, 4.69) is 52.5 Å². The van der Waals surface area contributed by atoms with Gasteiger partial charge < -0.3 is 10.4 Å². The van der Waals surface area contributed by atoms with E-state index in [1.165, 1.54) is 5.56 Å². The molecule has 0 unspecified atom stereocenters. The largest absolute Gasteiger partial charge is 0.395 e. The van der Waals surface area contributed by atoms with E-state index in [4.69, 9.17) is 16.7 Å². The highest BCUT2D eigenvalue weighted by Gasteiger charge is 2.06. The standard InChI is InChI=1S/C22H20ClN3O/c1-16-17(8-5-9-20(16)18-6-3-2-4-7-18)10-11-19-14-21(23)22(26-25-19)15-24-12-13-27/h2-9,14,24,27H,12-13,15H2,1H3. The topological polar surface area (TPSA) is 58.0 Å². The Hall–Kier alpha value is -2.71. The Morgan fingerprint density at radius 2 is 1.85 bits per heavy atom. The third-order valence-corrected chi connectivity index (χ3v) is 4.47. The van der Waals surface area contributed by atoms with Gasteiger partial charge >= 0.3 is 0 Å². The van der Waals surface area contributed by atoms with Gasteiger partial charge in [-0.15, -0.1) is 5.10 Å². The summed E-state index contributed by atoms with van der Waals surface area (Å²) in [4.78, 5) is 0. The second-order valence-electron chi connectivity index (χ2n) is 6.02. The molecule has 3 aromatic rings. The molecule has 27 heavy (non-hydrogen) atoms. The van der Waals surface area contributed by atoms with Crippen LogP contribution in [0.4, 0.5) is 0 Å². The summed E-state index contributed by atoms with van der Waals surface area (Å²) in [6, 6.07) is 18.1. The lowest BCUT2D eigenvalue weighted by atomic mass is 9.97. The Labute approximate surface area is 164 Å². The lowest BCUT2D eigenvalue weighted by Crippen LogP contribution is -2.18. The maximum Gasteiger partial charge on any atom is 0.137 e. The molecule has 0 fully saturated rings. The van der Waals surface area contributed by atoms with Gasteiger partial charge in [0.25, 0.3) is 0 Å². The third kappa shape index (κ3) is 4.93. The number of hydrogen-bond acceptors (Lipinski definition) is 4. The van der Waals surface area contributed by atoms with E-state index in [9.17, 15) is 0 Å². The van der Waals surface area contributed by atoms with Crippen molar-refractivity contribution in [3.63, 3.8) is 0 Å². The molecule has 0 atom stereocenters. The van der Waals surface area contributed by atoms with Gasteiger partial charge in [-0.25, -0.2) is 0 Å². The minimum absolute atomic E-state index is 0.0655. The molecule has 1 aromatic heterocycles. The molecule has 0 bridgehead atoms. The highest BCUT2D eigenvalue weighted by molar-refractivity contribution is 6.31. The Kier molecular flexibility index (Phi) is 6.56. The SMILES string of the molecule is Cc1c(C#Cc2cc(Cl)c(CNCCO)nn2)cccc1-c1ccccc1. The van der Waals surface area contributed by atoms with Gasteiger partial charge in [0.15, 0.2) is 0 Å². The molecule has 0 saturated carbocycles. The van der Waals surface area contributed by atoms with Gasteiger partial charge in [-0.3, -0.25) is 0 Å². The zero-order valence-corrected chi connectivity index (χ0v) is 15.8. The molecule has 3 rings (SSSR count). The summed E-state index contributed by atoms with van der Waals surface area (Å²) in [6.07, 6.45) is 0. The summed E-state index contributed by atoms with van der Waals surface area (Å²) in [6.45, 7) is 3.08. The Morgan fingerprint density at radius 3 is 2.59 bits per heavy atom. The summed E-state index contributed by atoms with van der Waals surface area (Å²) < 4.78 is 0. The van der Waals surface area contributed by atoms with Gasteiger partial charge in [0.2, 0.25) is 0 Å². The van der Waals surface area contributed by atoms with Crippen molar-refractivity contribution in [2.45, 2.75) is 13.5 Å². The van der Waals surface area contributed by atoms with Crippen molar-refractivity contribution in [1.29, 1.82) is 0 Å². The lowest BCUT2D eigenvalue weighted by molar-refractivity contribution is 0.291. The van der Waals surface area contributed by atoms with Crippen LogP contribution in [0.2, 0.25) is 5.02 Å². The Balaban J connectivity index is 1.83. The molecule has 2 N–H and O–H groups in total. The zero-order valence-electron chi connectivity index (χ0n) is 15.0. The van der Waals surface area contributed by atoms with E-state index >= 15 is 0 Å². The van der Waals surface area contributed by atoms with E-state index < -0.39 is 0 Å². The van der Waals surface area contributed by atoms with Crippen LogP contribution in [0.25, 0.3) is 11.1 Å². The molecule has 0 saturated heterocycles. The van der Waals surface area contributed by atoms with Gasteiger partial charge in [-0.2, -0.15) is 5.10 Å². The first kappa shape index (κ1) is 19.1. The molecular formula is C22H20ClN3O. The number of aliphatic hydroxyl groups excluding tert-OH is 1. The first-order chi connectivity index (χ1) is 13.2. The first-order valence-electron chi connectivity index (χ1n) is 8.70. The van der Waals surface area contributed by atoms with E-state index in [-0.39, 0.29) is 6.61 Å². The molecule has 0 spiro atoms. The summed E-state index contributed by atoms with van der Waals surface area (Å²) >= 11 is 6.25. The smallest absolute Gasteiger partial charge is 0.137 e. The molecular weight excluding hydrogens is 358 g/mol. The van der Waals surface area contributed by atoms with Crippen LogP contribution in [0.5, 0.6) is 0 Å². The fraction of sp³-hybridized carbons (Fsp3) is 0.182. The summed E-state index contributed by atoms with van der Waals surface area (Å²) in [7, 11) is 0. The average Bonchev–Trinajstić information content (AvgIpc) is 2.69. The van der Waals surface area contributed by atoms with Gasteiger partial charge in [-0.05, 0) is 41.7 Å². The molecule has 2 aromatic carbocycles. The van der Waals surface area contributed by atoms with Crippen molar-refractivity contribution in [2.24, 2.45) is 0 Å². The van der Waals surface area contributed by atoms with Crippen LogP contribution >= 0.6 is 11.6 Å². The molecule has 0 radical (unpaired) electrons. The molecule has 136 valence electrons. The quantitative estimate of drug-likeness (QED) is 0.527. The van der Waals surface area contributed by atoms with E-state index in [1.807, 2.05) is 30.3 Å². The number of hydrogen-bond donors (Lipinski definition) is 2. The number of nitrogens with one attached hydrogen (secondary N) is 1. The van der Waals surface area contributed by atoms with Crippen LogP contribution in [0.15, 0.2) is 54.6 Å². The van der Waals surface area contributed by atoms with Crippen molar-refractivity contribution >= 4 is 11.6 Å². The Bertz CT molecular complexity index is 978. The van der Waals surface area contributed by atoms with Gasteiger partial charge in [0, 0.05) is 18.7 Å². The third-order valence-electron chi connectivity index (χ3n) is 4.14. The fourth-order valence-corrected chi connectivity index (χ4v) is 2.90. The summed E-state index contributed by atoms with van der Waals surface area (Å²) in [5.41, 5.74) is 5.56. The zero-order chi connectivity index (χ0) is 19.1. The fourth-order valence-electron chi connectivity index (χ4n) is 2.69. The van der Waals surface area contributed by atoms with Crippen molar-refractivity contribution in [1.82, 2.24) is 15.5 Å². The lowest BCUT2D eigenvalue weighted by Gasteiger charge is -2.07. The normalized spacial score (nSPS) is 10.3. The number of nitrogens with zero attached hydrogens (tertiary/aromatic N) is 2. The summed E-state index contributed by atoms with van der Waals surface area (Å²) in [5.74, 6) is 6.23. The van der Waals surface area contributed by atoms with Crippen LogP contribution < -0.4 is 5.32 Å². The number of benzene rings is 2. The molecule has 0 aliphatic carbocycles. The van der Waals surface area contributed by atoms with Gasteiger partial charge in [0.05, 0.1) is 17.3 Å². The monoisotopic (exact) mass is 377 g/mol. The first-order valence-corrected chi connectivity index (χ1v) is 9.07. The van der Waals surface area contributed by atoms with E-state index in [1.54, 1.807) is 6.07 Å². The average molecular weight is 378 g/mol. The minimum atomic E-state index is 0.0655. The van der Waals surface area contributed by atoms with Crippen molar-refractivity contribution in [2.75, 3.05) is 13.2 Å². The summed E-state index contributed by atoms with van der Waals surface area (Å²) in [5, 5.41) is 20.6. The van der Waals surface area contributed by atoms with Crippen LogP contribution in [-0.4, -0.2) is 28.5 Å². The van der Waals surface area contributed by atoms with Crippen LogP contribution in [-0.2, 0) is 6.54 Å². The number of halogens is 1. The second kappa shape index (κ2) is 9.29. The van der Waals surface area contributed by atoms with Crippen LogP contribution in [0, 0.1) is 18.8 Å². The number of aromatic nitrogens is 2. The maximum atomic E-state index is 8.80. The van der Waals surface area contributed by atoms with E-state index in [0.717, 1.165) is 16.7 Å². The number of aliphatic hydroxyl groups is 1. The van der Waals surface area contributed by atoms with Crippen molar-refractivity contribution in [3.8, 4) is 23.0 Å². The molecule has 5 heteroatoms. The van der Waals surface area contributed by atoms with Crippen molar-refractivity contribution in [3.05, 3.63) is 82.1 Å². The predicted octanol–water partition coefficient (Wildman–Crippen LogP) is 3.59. The molecule has 0 amide bonds. The number of rotatable bonds is 5. The van der Waals surface area contributed by atoms with Crippen molar-refractivity contribution < 1.29 is 5.11 Å². The Morgan fingerprint density at radius 1 is 1.04 bits per heavy atom. The molecule has 0 aliphatic rings. The molecule has 0 aliphatic heterocycles. The molecule has 1 heterocycles. The van der Waals surface area contributed by atoms with Gasteiger partial charge in [0.1, 0.15) is 5.69 Å². The predicted molar refractivity (Wildman–Crippen MR) is 108 cm³/mol. The van der Waals surface area contributed by atoms with Crippen LogP contribution in [0.1, 0.15) is 22.5 Å². The second-order valence-corrected chi connectivity index (χ2v) is 6.43. The minimum Gasteiger partial charge on any atom is -0.395 e. The van der Waals surface area contributed by atoms with E-state index in [0.29, 0.717) is 29.5 Å². The highest BCUT2D eigenvalue weighted by atomic mass is 35.5. The maximum absolute atomic E-state index is 8.80.